The van der Waals surface area contributed by atoms with Crippen LogP contribution < -0.4 is 10.6 Å². The average molecular weight is 406 g/mol. The number of anilines is 1. The van der Waals surface area contributed by atoms with Gasteiger partial charge in [0.2, 0.25) is 5.91 Å². The van der Waals surface area contributed by atoms with Crippen molar-refractivity contribution >= 4 is 35.1 Å². The molecule has 0 aliphatic carbocycles. The van der Waals surface area contributed by atoms with Crippen molar-refractivity contribution in [1.29, 1.82) is 0 Å². The topological polar surface area (TPSA) is 148 Å². The smallest absolute Gasteiger partial charge is 0.333 e. The van der Waals surface area contributed by atoms with E-state index in [4.69, 9.17) is 4.84 Å². The van der Waals surface area contributed by atoms with Gasteiger partial charge < -0.3 is 15.5 Å². The Labute approximate surface area is 166 Å². The number of nitro benzene ring substituents is 1. The first-order chi connectivity index (χ1) is 13.9. The van der Waals surface area contributed by atoms with Gasteiger partial charge in [0.1, 0.15) is 0 Å². The molecule has 0 atom stereocenters. The molecule has 29 heavy (non-hydrogen) atoms. The summed E-state index contributed by atoms with van der Waals surface area (Å²) >= 11 is 0. The third-order valence-corrected chi connectivity index (χ3v) is 4.09. The highest BCUT2D eigenvalue weighted by Crippen LogP contribution is 2.16. The molecule has 1 heterocycles. The van der Waals surface area contributed by atoms with Gasteiger partial charge in [-0.2, -0.15) is 0 Å². The third-order valence-electron chi connectivity index (χ3n) is 4.09. The molecule has 0 saturated carbocycles. The fourth-order valence-corrected chi connectivity index (χ4v) is 2.58. The third kappa shape index (κ3) is 7.20. The zero-order valence-corrected chi connectivity index (χ0v) is 15.7. The second-order valence-corrected chi connectivity index (χ2v) is 6.37. The van der Waals surface area contributed by atoms with Gasteiger partial charge in [0.05, 0.1) is 11.5 Å². The molecule has 1 fully saturated rings. The van der Waals surface area contributed by atoms with Crippen LogP contribution in [0.5, 0.6) is 0 Å². The fourth-order valence-electron chi connectivity index (χ4n) is 2.58. The summed E-state index contributed by atoms with van der Waals surface area (Å²) in [5.41, 5.74) is 0.412. The van der Waals surface area contributed by atoms with E-state index in [1.165, 1.54) is 18.2 Å². The largest absolute Gasteiger partial charge is 0.376 e. The predicted octanol–water partition coefficient (Wildman–Crippen LogP) is 1.29. The lowest BCUT2D eigenvalue weighted by Gasteiger charge is -2.12. The summed E-state index contributed by atoms with van der Waals surface area (Å²) in [6, 6.07) is 5.86. The number of hydrogen-bond acceptors (Lipinski definition) is 8. The summed E-state index contributed by atoms with van der Waals surface area (Å²) in [4.78, 5) is 61.0. The Balaban J connectivity index is 1.54. The Morgan fingerprint density at radius 1 is 1.14 bits per heavy atom. The van der Waals surface area contributed by atoms with Crippen LogP contribution in [0.3, 0.4) is 0 Å². The summed E-state index contributed by atoms with van der Waals surface area (Å²) < 4.78 is 0. The van der Waals surface area contributed by atoms with Gasteiger partial charge in [0.25, 0.3) is 17.5 Å². The molecule has 1 aromatic rings. The van der Waals surface area contributed by atoms with Gasteiger partial charge in [0.15, 0.2) is 0 Å². The van der Waals surface area contributed by atoms with E-state index in [-0.39, 0.29) is 37.4 Å². The first-order valence-electron chi connectivity index (χ1n) is 9.18. The summed E-state index contributed by atoms with van der Waals surface area (Å²) in [5.74, 6) is -1.92. The lowest BCUT2D eigenvalue weighted by molar-refractivity contribution is -0.384. The van der Waals surface area contributed by atoms with Crippen LogP contribution in [0.15, 0.2) is 24.3 Å². The minimum atomic E-state index is -0.640. The SMILES string of the molecule is O=C(CNc1cccc([N+](=O)[O-])c1)NCCCCCC(=O)ON1C(=O)CCC1=O. The zero-order chi connectivity index (χ0) is 21.2. The van der Waals surface area contributed by atoms with Gasteiger partial charge in [-0.3, -0.25) is 24.5 Å². The molecule has 0 bridgehead atoms. The lowest BCUT2D eigenvalue weighted by Crippen LogP contribution is -2.32. The summed E-state index contributed by atoms with van der Waals surface area (Å²) in [6.45, 7) is 0.388. The Bertz CT molecular complexity index is 780. The molecule has 0 radical (unpaired) electrons. The molecule has 2 rings (SSSR count). The monoisotopic (exact) mass is 406 g/mol. The normalized spacial score (nSPS) is 13.3. The second-order valence-electron chi connectivity index (χ2n) is 6.37. The van der Waals surface area contributed by atoms with Gasteiger partial charge in [-0.05, 0) is 18.9 Å². The Morgan fingerprint density at radius 3 is 2.55 bits per heavy atom. The molecule has 1 aliphatic rings. The van der Waals surface area contributed by atoms with E-state index < -0.39 is 22.7 Å². The maximum absolute atomic E-state index is 11.8. The molecule has 2 N–H and O–H groups in total. The molecule has 0 aromatic heterocycles. The fraction of sp³-hybridized carbons (Fsp3) is 0.444. The van der Waals surface area contributed by atoms with Crippen LogP contribution in [0.1, 0.15) is 38.5 Å². The van der Waals surface area contributed by atoms with Crippen LogP contribution >= 0.6 is 0 Å². The number of nitro groups is 1. The van der Waals surface area contributed by atoms with E-state index >= 15 is 0 Å². The molecule has 3 amide bonds. The van der Waals surface area contributed by atoms with Crippen LogP contribution in [0.2, 0.25) is 0 Å². The molecule has 11 nitrogen and oxygen atoms in total. The maximum atomic E-state index is 11.8. The van der Waals surface area contributed by atoms with Crippen LogP contribution in [0.25, 0.3) is 0 Å². The van der Waals surface area contributed by atoms with Crippen molar-refractivity contribution < 1.29 is 28.9 Å². The number of benzene rings is 1. The van der Waals surface area contributed by atoms with Crippen LogP contribution in [0, 0.1) is 10.1 Å². The number of nitrogens with one attached hydrogen (secondary N) is 2. The van der Waals surface area contributed by atoms with Crippen molar-refractivity contribution in [2.75, 3.05) is 18.4 Å². The summed E-state index contributed by atoms with van der Waals surface area (Å²) in [7, 11) is 0. The van der Waals surface area contributed by atoms with Gasteiger partial charge >= 0.3 is 5.97 Å². The molecule has 11 heteroatoms. The number of carbonyl (C=O) groups is 4. The van der Waals surface area contributed by atoms with Crippen LogP contribution in [-0.4, -0.2) is 46.8 Å². The average Bonchev–Trinajstić information content (AvgIpc) is 3.01. The molecule has 156 valence electrons. The Kier molecular flexibility index (Phi) is 8.07. The lowest BCUT2D eigenvalue weighted by atomic mass is 10.2. The van der Waals surface area contributed by atoms with Gasteiger partial charge in [-0.15, -0.1) is 5.06 Å². The molecule has 1 aliphatic heterocycles. The summed E-state index contributed by atoms with van der Waals surface area (Å²) in [6.07, 6.45) is 1.97. The number of hydroxylamine groups is 2. The number of non-ortho nitro benzene ring substituents is 1. The molecule has 1 aromatic carbocycles. The van der Waals surface area contributed by atoms with Crippen LogP contribution in [0.4, 0.5) is 11.4 Å². The van der Waals surface area contributed by atoms with E-state index in [0.29, 0.717) is 36.6 Å². The zero-order valence-electron chi connectivity index (χ0n) is 15.7. The number of unbranched alkanes of at least 4 members (excludes halogenated alkanes) is 2. The summed E-state index contributed by atoms with van der Waals surface area (Å²) in [5, 5.41) is 16.7. The number of rotatable bonds is 11. The van der Waals surface area contributed by atoms with E-state index in [9.17, 15) is 29.3 Å². The first kappa shape index (κ1) is 21.8. The quantitative estimate of drug-likeness (QED) is 0.242. The minimum Gasteiger partial charge on any atom is -0.376 e. The molecular weight excluding hydrogens is 384 g/mol. The number of hydrogen-bond donors (Lipinski definition) is 2. The van der Waals surface area contributed by atoms with Gasteiger partial charge in [0, 0.05) is 43.6 Å². The molecule has 0 spiro atoms. The van der Waals surface area contributed by atoms with Crippen molar-refractivity contribution in [3.63, 3.8) is 0 Å². The minimum absolute atomic E-state index is 0.0224. The maximum Gasteiger partial charge on any atom is 0.333 e. The highest BCUT2D eigenvalue weighted by atomic mass is 16.7. The van der Waals surface area contributed by atoms with Gasteiger partial charge in [-0.25, -0.2) is 4.79 Å². The van der Waals surface area contributed by atoms with E-state index in [1.54, 1.807) is 6.07 Å². The predicted molar refractivity (Wildman–Crippen MR) is 100 cm³/mol. The first-order valence-corrected chi connectivity index (χ1v) is 9.18. The number of nitrogens with zero attached hydrogens (tertiary/aromatic N) is 2. The second kappa shape index (κ2) is 10.7. The molecule has 1 saturated heterocycles. The highest BCUT2D eigenvalue weighted by molar-refractivity contribution is 6.01. The van der Waals surface area contributed by atoms with Crippen molar-refractivity contribution in [1.82, 2.24) is 10.4 Å². The van der Waals surface area contributed by atoms with Crippen molar-refractivity contribution in [3.8, 4) is 0 Å². The van der Waals surface area contributed by atoms with E-state index in [1.807, 2.05) is 0 Å². The van der Waals surface area contributed by atoms with E-state index in [0.717, 1.165) is 0 Å². The Morgan fingerprint density at radius 2 is 1.86 bits per heavy atom. The number of amides is 3. The Hall–Kier alpha value is -3.50. The van der Waals surface area contributed by atoms with Crippen molar-refractivity contribution in [3.05, 3.63) is 34.4 Å². The molecular formula is C18H22N4O7. The number of imide groups is 1. The van der Waals surface area contributed by atoms with Gasteiger partial charge in [-0.1, -0.05) is 12.5 Å². The van der Waals surface area contributed by atoms with Crippen LogP contribution in [-0.2, 0) is 24.0 Å². The van der Waals surface area contributed by atoms with Crippen molar-refractivity contribution in [2.24, 2.45) is 0 Å². The molecule has 0 unspecified atom stereocenters. The van der Waals surface area contributed by atoms with E-state index in [2.05, 4.69) is 10.6 Å². The standard InChI is InChI=1S/C18H22N4O7/c23-15(12-20-13-5-4-6-14(11-13)22(27)28)19-10-3-1-2-7-18(26)29-21-16(24)8-9-17(21)25/h4-6,11,20H,1-3,7-10,12H2,(H,19,23). The number of carbonyl (C=O) groups excluding carboxylic acids is 4. The highest BCUT2D eigenvalue weighted by Gasteiger charge is 2.32. The van der Waals surface area contributed by atoms with Crippen molar-refractivity contribution in [2.45, 2.75) is 38.5 Å².